The third-order valence-electron chi connectivity index (χ3n) is 4.64. The van der Waals surface area contributed by atoms with Crippen LogP contribution in [0.15, 0.2) is 70.2 Å². The lowest BCUT2D eigenvalue weighted by atomic mass is 10.1. The van der Waals surface area contributed by atoms with Gasteiger partial charge in [-0.3, -0.25) is 4.79 Å². The van der Waals surface area contributed by atoms with E-state index in [2.05, 4.69) is 26.5 Å². The standard InChI is InChI=1S/C25H23BrN2O5/c1-16-7-6-8-17(2)24(16)32-15-23(29)28-27-14-18-11-12-21(22(13-18)31-3)33-25(30)19-9-4-5-10-20(19)26/h4-14H,15H2,1-3H3,(H,28,29). The molecule has 8 heteroatoms. The maximum absolute atomic E-state index is 12.4. The molecule has 0 fully saturated rings. The normalized spacial score (nSPS) is 10.7. The van der Waals surface area contributed by atoms with Gasteiger partial charge in [-0.2, -0.15) is 5.10 Å². The van der Waals surface area contributed by atoms with Crippen LogP contribution in [0.2, 0.25) is 0 Å². The van der Waals surface area contributed by atoms with Crippen LogP contribution >= 0.6 is 15.9 Å². The number of esters is 1. The molecular formula is C25H23BrN2O5. The van der Waals surface area contributed by atoms with Crippen LogP contribution in [0.1, 0.15) is 27.0 Å². The van der Waals surface area contributed by atoms with Crippen LogP contribution in [0.5, 0.6) is 17.2 Å². The molecule has 170 valence electrons. The van der Waals surface area contributed by atoms with Gasteiger partial charge in [0, 0.05) is 4.47 Å². The summed E-state index contributed by atoms with van der Waals surface area (Å²) in [6.07, 6.45) is 1.46. The molecule has 33 heavy (non-hydrogen) atoms. The Morgan fingerprint density at radius 2 is 1.73 bits per heavy atom. The van der Waals surface area contributed by atoms with Gasteiger partial charge in [0.25, 0.3) is 5.91 Å². The van der Waals surface area contributed by atoms with Crippen molar-refractivity contribution in [2.45, 2.75) is 13.8 Å². The fourth-order valence-corrected chi connectivity index (χ4v) is 3.45. The smallest absolute Gasteiger partial charge is 0.344 e. The molecule has 3 aromatic carbocycles. The van der Waals surface area contributed by atoms with Crippen LogP contribution in [-0.2, 0) is 4.79 Å². The second-order valence-electron chi connectivity index (χ2n) is 7.08. The van der Waals surface area contributed by atoms with Gasteiger partial charge in [0.2, 0.25) is 0 Å². The first-order valence-electron chi connectivity index (χ1n) is 10.0. The SMILES string of the molecule is COc1cc(C=NNC(=O)COc2c(C)cccc2C)ccc1OC(=O)c1ccccc1Br. The minimum atomic E-state index is -0.515. The number of ether oxygens (including phenoxy) is 3. The van der Waals surface area contributed by atoms with E-state index in [-0.39, 0.29) is 18.3 Å². The Morgan fingerprint density at radius 1 is 1.00 bits per heavy atom. The summed E-state index contributed by atoms with van der Waals surface area (Å²) in [7, 11) is 1.47. The topological polar surface area (TPSA) is 86.2 Å². The van der Waals surface area contributed by atoms with Crippen molar-refractivity contribution in [1.29, 1.82) is 0 Å². The summed E-state index contributed by atoms with van der Waals surface area (Å²) in [5.74, 6) is 0.401. The summed E-state index contributed by atoms with van der Waals surface area (Å²) in [6, 6.07) is 17.7. The fourth-order valence-electron chi connectivity index (χ4n) is 3.01. The van der Waals surface area contributed by atoms with Crippen LogP contribution in [0.25, 0.3) is 0 Å². The summed E-state index contributed by atoms with van der Waals surface area (Å²) in [5, 5.41) is 3.95. The summed E-state index contributed by atoms with van der Waals surface area (Å²) >= 11 is 3.34. The number of benzene rings is 3. The lowest BCUT2D eigenvalue weighted by Crippen LogP contribution is -2.25. The van der Waals surface area contributed by atoms with Crippen molar-refractivity contribution >= 4 is 34.0 Å². The number of para-hydroxylation sites is 1. The van der Waals surface area contributed by atoms with E-state index in [9.17, 15) is 9.59 Å². The first-order chi connectivity index (χ1) is 15.9. The number of halogens is 1. The number of amides is 1. The van der Waals surface area contributed by atoms with Crippen LogP contribution < -0.4 is 19.6 Å². The minimum absolute atomic E-state index is 0.156. The molecule has 3 aromatic rings. The Morgan fingerprint density at radius 3 is 2.42 bits per heavy atom. The molecule has 1 amide bonds. The minimum Gasteiger partial charge on any atom is -0.493 e. The molecule has 0 radical (unpaired) electrons. The molecule has 0 aromatic heterocycles. The van der Waals surface area contributed by atoms with Gasteiger partial charge in [-0.25, -0.2) is 10.2 Å². The monoisotopic (exact) mass is 510 g/mol. The largest absolute Gasteiger partial charge is 0.493 e. The number of methoxy groups -OCH3 is 1. The predicted molar refractivity (Wildman–Crippen MR) is 129 cm³/mol. The van der Waals surface area contributed by atoms with Gasteiger partial charge >= 0.3 is 5.97 Å². The number of aryl methyl sites for hydroxylation is 2. The lowest BCUT2D eigenvalue weighted by Gasteiger charge is -2.11. The molecule has 7 nitrogen and oxygen atoms in total. The number of hydrazone groups is 1. The second-order valence-corrected chi connectivity index (χ2v) is 7.94. The molecule has 0 aliphatic rings. The van der Waals surface area contributed by atoms with Crippen LogP contribution in [-0.4, -0.2) is 31.8 Å². The highest BCUT2D eigenvalue weighted by molar-refractivity contribution is 9.10. The number of nitrogens with one attached hydrogen (secondary N) is 1. The molecule has 1 N–H and O–H groups in total. The van der Waals surface area contributed by atoms with Gasteiger partial charge in [0.1, 0.15) is 5.75 Å². The zero-order chi connectivity index (χ0) is 23.8. The molecule has 0 heterocycles. The van der Waals surface area contributed by atoms with Gasteiger partial charge in [0.05, 0.1) is 18.9 Å². The quantitative estimate of drug-likeness (QED) is 0.203. The third kappa shape index (κ3) is 6.43. The van der Waals surface area contributed by atoms with Gasteiger partial charge < -0.3 is 14.2 Å². The van der Waals surface area contributed by atoms with Crippen LogP contribution in [0, 0.1) is 13.8 Å². The van der Waals surface area contributed by atoms with E-state index in [1.54, 1.807) is 36.4 Å². The average molecular weight is 511 g/mol. The highest BCUT2D eigenvalue weighted by Crippen LogP contribution is 2.29. The summed E-state index contributed by atoms with van der Waals surface area (Å²) in [4.78, 5) is 24.5. The fraction of sp³-hybridized carbons (Fsp3) is 0.160. The predicted octanol–water partition coefficient (Wildman–Crippen LogP) is 4.82. The zero-order valence-corrected chi connectivity index (χ0v) is 20.0. The zero-order valence-electron chi connectivity index (χ0n) is 18.4. The Balaban J connectivity index is 1.59. The molecule has 0 aliphatic heterocycles. The van der Waals surface area contributed by atoms with E-state index in [1.165, 1.54) is 13.3 Å². The number of hydrogen-bond donors (Lipinski definition) is 1. The maximum atomic E-state index is 12.4. The first kappa shape index (κ1) is 24.0. The molecular weight excluding hydrogens is 488 g/mol. The molecule has 0 atom stereocenters. The molecule has 0 saturated heterocycles. The van der Waals surface area contributed by atoms with Gasteiger partial charge in [-0.1, -0.05) is 30.3 Å². The number of rotatable bonds is 8. The molecule has 3 rings (SSSR count). The van der Waals surface area contributed by atoms with Gasteiger partial charge in [0.15, 0.2) is 18.1 Å². The van der Waals surface area contributed by atoms with Crippen molar-refractivity contribution in [2.75, 3.05) is 13.7 Å². The van der Waals surface area contributed by atoms with Gasteiger partial charge in [-0.15, -0.1) is 0 Å². The van der Waals surface area contributed by atoms with E-state index in [1.807, 2.05) is 38.1 Å². The highest BCUT2D eigenvalue weighted by Gasteiger charge is 2.15. The Hall–Kier alpha value is -3.65. The van der Waals surface area contributed by atoms with Crippen molar-refractivity contribution in [3.05, 3.63) is 87.4 Å². The molecule has 0 aliphatic carbocycles. The van der Waals surface area contributed by atoms with E-state index in [0.717, 1.165) is 11.1 Å². The molecule has 0 unspecified atom stereocenters. The van der Waals surface area contributed by atoms with Crippen molar-refractivity contribution in [1.82, 2.24) is 5.43 Å². The molecule has 0 saturated carbocycles. The third-order valence-corrected chi connectivity index (χ3v) is 5.33. The Labute approximate surface area is 200 Å². The second kappa shape index (κ2) is 11.3. The lowest BCUT2D eigenvalue weighted by molar-refractivity contribution is -0.123. The van der Waals surface area contributed by atoms with E-state index in [0.29, 0.717) is 27.1 Å². The molecule has 0 bridgehead atoms. The molecule has 0 spiro atoms. The van der Waals surface area contributed by atoms with Crippen LogP contribution in [0.4, 0.5) is 0 Å². The number of hydrogen-bond acceptors (Lipinski definition) is 6. The number of carbonyl (C=O) groups excluding carboxylic acids is 2. The summed E-state index contributed by atoms with van der Waals surface area (Å²) in [5.41, 5.74) is 5.38. The Bertz CT molecular complexity index is 1170. The van der Waals surface area contributed by atoms with Crippen LogP contribution in [0.3, 0.4) is 0 Å². The first-order valence-corrected chi connectivity index (χ1v) is 10.8. The van der Waals surface area contributed by atoms with E-state index >= 15 is 0 Å². The Kier molecular flexibility index (Phi) is 8.21. The van der Waals surface area contributed by atoms with E-state index in [4.69, 9.17) is 14.2 Å². The van der Waals surface area contributed by atoms with Crippen molar-refractivity contribution in [3.8, 4) is 17.2 Å². The van der Waals surface area contributed by atoms with Crippen molar-refractivity contribution < 1.29 is 23.8 Å². The van der Waals surface area contributed by atoms with Gasteiger partial charge in [-0.05, 0) is 76.8 Å². The van der Waals surface area contributed by atoms with Crippen molar-refractivity contribution in [2.24, 2.45) is 5.10 Å². The summed E-state index contributed by atoms with van der Waals surface area (Å²) in [6.45, 7) is 3.69. The van der Waals surface area contributed by atoms with Crippen molar-refractivity contribution in [3.63, 3.8) is 0 Å². The maximum Gasteiger partial charge on any atom is 0.344 e. The number of carbonyl (C=O) groups is 2. The summed E-state index contributed by atoms with van der Waals surface area (Å²) < 4.78 is 17.0. The highest BCUT2D eigenvalue weighted by atomic mass is 79.9. The average Bonchev–Trinajstić information content (AvgIpc) is 2.79. The number of nitrogens with zero attached hydrogens (tertiary/aromatic N) is 1. The van der Waals surface area contributed by atoms with E-state index < -0.39 is 5.97 Å².